The molecule has 0 spiro atoms. The van der Waals surface area contributed by atoms with E-state index >= 15 is 0 Å². The summed E-state index contributed by atoms with van der Waals surface area (Å²) in [5.74, 6) is 0.548. The molecule has 0 radical (unpaired) electrons. The van der Waals surface area contributed by atoms with Gasteiger partial charge in [-0.25, -0.2) is 18.4 Å². The summed E-state index contributed by atoms with van der Waals surface area (Å²) >= 11 is 1.70. The molecule has 2 aliphatic heterocycles. The topological polar surface area (TPSA) is 89.3 Å². The second-order valence-corrected chi connectivity index (χ2v) is 10.2. The molecular weight excluding hydrogens is 386 g/mol. The molecule has 2 aromatic rings. The maximum absolute atomic E-state index is 11.6. The van der Waals surface area contributed by atoms with Gasteiger partial charge in [-0.15, -0.1) is 0 Å². The van der Waals surface area contributed by atoms with Crippen molar-refractivity contribution in [2.45, 2.75) is 25.9 Å². The van der Waals surface area contributed by atoms with Gasteiger partial charge in [0.2, 0.25) is 0 Å². The van der Waals surface area contributed by atoms with Crippen LogP contribution in [0.1, 0.15) is 12.1 Å². The quantitative estimate of drug-likeness (QED) is 0.756. The van der Waals surface area contributed by atoms with Crippen molar-refractivity contribution in [1.82, 2.24) is 19.9 Å². The van der Waals surface area contributed by atoms with E-state index in [9.17, 15) is 8.42 Å². The van der Waals surface area contributed by atoms with Gasteiger partial charge in [-0.05, 0) is 13.3 Å². The summed E-state index contributed by atoms with van der Waals surface area (Å²) in [5, 5.41) is 4.40. The molecule has 2 saturated heterocycles. The van der Waals surface area contributed by atoms with E-state index in [4.69, 9.17) is 9.72 Å². The Morgan fingerprint density at radius 2 is 2.19 bits per heavy atom. The lowest BCUT2D eigenvalue weighted by atomic mass is 10.2. The minimum absolute atomic E-state index is 0.0695. The molecular formula is C17H25N5O3S2. The summed E-state index contributed by atoms with van der Waals surface area (Å²) in [6.45, 7) is 6.74. The monoisotopic (exact) mass is 411 g/mol. The standard InChI is InChI=1S/C17H25N5O3S2/c1-13-16(26-17(20-13)21-5-7-25-8-6-21)15-10-18-12-22(15)4-3-19-14-2-9-27(23,24)11-14/h10,12,14,19H,2-9,11H2,1H3/t14-/m0/s1. The number of hydrogen-bond acceptors (Lipinski definition) is 8. The highest BCUT2D eigenvalue weighted by Gasteiger charge is 2.27. The van der Waals surface area contributed by atoms with Gasteiger partial charge in [0.1, 0.15) is 0 Å². The van der Waals surface area contributed by atoms with Crippen LogP contribution in [0.5, 0.6) is 0 Å². The number of morpholine rings is 1. The Hall–Kier alpha value is -1.49. The number of imidazole rings is 1. The summed E-state index contributed by atoms with van der Waals surface area (Å²) < 4.78 is 30.7. The van der Waals surface area contributed by atoms with Crippen molar-refractivity contribution in [3.05, 3.63) is 18.2 Å². The van der Waals surface area contributed by atoms with Crippen LogP contribution in [0.15, 0.2) is 12.5 Å². The molecule has 4 rings (SSSR count). The molecule has 2 aliphatic rings. The van der Waals surface area contributed by atoms with Gasteiger partial charge in [0.25, 0.3) is 0 Å². The van der Waals surface area contributed by atoms with Gasteiger partial charge in [-0.2, -0.15) is 0 Å². The van der Waals surface area contributed by atoms with Crippen LogP contribution in [0, 0.1) is 6.92 Å². The lowest BCUT2D eigenvalue weighted by molar-refractivity contribution is 0.122. The van der Waals surface area contributed by atoms with Crippen LogP contribution in [0.25, 0.3) is 10.6 Å². The summed E-state index contributed by atoms with van der Waals surface area (Å²) in [5.41, 5.74) is 2.07. The number of hydrogen-bond donors (Lipinski definition) is 1. The van der Waals surface area contributed by atoms with E-state index < -0.39 is 9.84 Å². The second-order valence-electron chi connectivity index (χ2n) is 7.04. The van der Waals surface area contributed by atoms with E-state index in [2.05, 4.69) is 19.8 Å². The van der Waals surface area contributed by atoms with Crippen molar-refractivity contribution in [2.24, 2.45) is 0 Å². The van der Waals surface area contributed by atoms with Gasteiger partial charge in [0.15, 0.2) is 15.0 Å². The number of anilines is 1. The Balaban J connectivity index is 1.42. The zero-order chi connectivity index (χ0) is 18.9. The lowest BCUT2D eigenvalue weighted by Gasteiger charge is -2.26. The minimum Gasteiger partial charge on any atom is -0.378 e. The Morgan fingerprint density at radius 3 is 2.93 bits per heavy atom. The van der Waals surface area contributed by atoms with Crippen molar-refractivity contribution in [3.63, 3.8) is 0 Å². The number of sulfone groups is 1. The van der Waals surface area contributed by atoms with Crippen LogP contribution in [0.2, 0.25) is 0 Å². The van der Waals surface area contributed by atoms with E-state index in [1.165, 1.54) is 0 Å². The minimum atomic E-state index is -2.85. The van der Waals surface area contributed by atoms with Crippen molar-refractivity contribution in [1.29, 1.82) is 0 Å². The SMILES string of the molecule is Cc1nc(N2CCOCC2)sc1-c1cncn1CCN[C@H]1CCS(=O)(=O)C1. The summed E-state index contributed by atoms with van der Waals surface area (Å²) in [4.78, 5) is 12.5. The first kappa shape index (κ1) is 18.9. The van der Waals surface area contributed by atoms with Crippen LogP contribution in [0.4, 0.5) is 5.13 Å². The molecule has 10 heteroatoms. The maximum Gasteiger partial charge on any atom is 0.186 e. The molecule has 8 nitrogen and oxygen atoms in total. The van der Waals surface area contributed by atoms with Crippen LogP contribution < -0.4 is 10.2 Å². The summed E-state index contributed by atoms with van der Waals surface area (Å²) in [6, 6.07) is 0.0695. The third-order valence-electron chi connectivity index (χ3n) is 5.03. The third kappa shape index (κ3) is 4.34. The molecule has 0 aliphatic carbocycles. The fourth-order valence-corrected chi connectivity index (χ4v) is 6.40. The molecule has 148 valence electrons. The van der Waals surface area contributed by atoms with Gasteiger partial charge in [0.05, 0.1) is 53.5 Å². The molecule has 0 saturated carbocycles. The molecule has 27 heavy (non-hydrogen) atoms. The smallest absolute Gasteiger partial charge is 0.186 e. The highest BCUT2D eigenvalue weighted by molar-refractivity contribution is 7.91. The number of nitrogens with zero attached hydrogens (tertiary/aromatic N) is 4. The Bertz CT molecular complexity index is 886. The van der Waals surface area contributed by atoms with Gasteiger partial charge in [-0.3, -0.25) is 0 Å². The van der Waals surface area contributed by atoms with Crippen molar-refractivity contribution < 1.29 is 13.2 Å². The Kier molecular flexibility index (Phi) is 5.49. The van der Waals surface area contributed by atoms with E-state index in [1.807, 2.05) is 19.4 Å². The molecule has 4 heterocycles. The van der Waals surface area contributed by atoms with Gasteiger partial charge < -0.3 is 19.5 Å². The molecule has 2 aromatic heterocycles. The summed E-state index contributed by atoms with van der Waals surface area (Å²) in [7, 11) is -2.85. The van der Waals surface area contributed by atoms with Crippen LogP contribution in [-0.2, 0) is 21.1 Å². The normalized spacial score (nSPS) is 22.4. The van der Waals surface area contributed by atoms with Crippen molar-refractivity contribution in [2.75, 3.05) is 49.3 Å². The first-order valence-electron chi connectivity index (χ1n) is 9.26. The lowest BCUT2D eigenvalue weighted by Crippen LogP contribution is -2.36. The highest BCUT2D eigenvalue weighted by Crippen LogP contribution is 2.34. The average molecular weight is 412 g/mol. The molecule has 1 N–H and O–H groups in total. The number of nitrogens with one attached hydrogen (secondary N) is 1. The van der Waals surface area contributed by atoms with E-state index in [1.54, 1.807) is 11.3 Å². The molecule has 0 amide bonds. The fraction of sp³-hybridized carbons (Fsp3) is 0.647. The summed E-state index contributed by atoms with van der Waals surface area (Å²) in [6.07, 6.45) is 4.41. The van der Waals surface area contributed by atoms with E-state index in [0.29, 0.717) is 12.2 Å². The Morgan fingerprint density at radius 1 is 1.37 bits per heavy atom. The van der Waals surface area contributed by atoms with Crippen LogP contribution in [-0.4, -0.2) is 73.3 Å². The molecule has 2 fully saturated rings. The number of aromatic nitrogens is 3. The largest absolute Gasteiger partial charge is 0.378 e. The third-order valence-corrected chi connectivity index (χ3v) is 8.04. The molecule has 0 bridgehead atoms. The Labute approximate surface area is 163 Å². The predicted molar refractivity (Wildman–Crippen MR) is 106 cm³/mol. The van der Waals surface area contributed by atoms with Gasteiger partial charge in [0, 0.05) is 32.2 Å². The first-order chi connectivity index (χ1) is 13.0. The maximum atomic E-state index is 11.6. The van der Waals surface area contributed by atoms with Crippen molar-refractivity contribution in [3.8, 4) is 10.6 Å². The van der Waals surface area contributed by atoms with Crippen LogP contribution >= 0.6 is 11.3 Å². The fourth-order valence-electron chi connectivity index (χ4n) is 3.54. The highest BCUT2D eigenvalue weighted by atomic mass is 32.2. The predicted octanol–water partition coefficient (Wildman–Crippen LogP) is 0.928. The van der Waals surface area contributed by atoms with Gasteiger partial charge >= 0.3 is 0 Å². The molecule has 1 atom stereocenters. The molecule has 0 aromatic carbocycles. The molecule has 0 unspecified atom stereocenters. The number of thiazole rings is 1. The second kappa shape index (κ2) is 7.86. The van der Waals surface area contributed by atoms with Crippen molar-refractivity contribution >= 4 is 26.3 Å². The first-order valence-corrected chi connectivity index (χ1v) is 11.9. The number of rotatable bonds is 6. The van der Waals surface area contributed by atoms with Gasteiger partial charge in [-0.1, -0.05) is 11.3 Å². The number of aryl methyl sites for hydroxylation is 1. The van der Waals surface area contributed by atoms with E-state index in [-0.39, 0.29) is 11.8 Å². The zero-order valence-corrected chi connectivity index (χ0v) is 17.1. The zero-order valence-electron chi connectivity index (χ0n) is 15.4. The van der Waals surface area contributed by atoms with E-state index in [0.717, 1.165) is 60.8 Å². The average Bonchev–Trinajstić information content (AvgIpc) is 3.34. The van der Waals surface area contributed by atoms with Crippen LogP contribution in [0.3, 0.4) is 0 Å². The number of ether oxygens (including phenoxy) is 1.